The number of allylic oxidation sites excluding steroid dienone is 1. The van der Waals surface area contributed by atoms with Gasteiger partial charge in [0.15, 0.2) is 5.78 Å². The largest absolute Gasteiger partial charge is 0.347 e. The van der Waals surface area contributed by atoms with Crippen molar-refractivity contribution in [3.8, 4) is 0 Å². The van der Waals surface area contributed by atoms with Crippen LogP contribution in [0.2, 0.25) is 0 Å². The van der Waals surface area contributed by atoms with Gasteiger partial charge < -0.3 is 4.57 Å². The van der Waals surface area contributed by atoms with E-state index in [-0.39, 0.29) is 0 Å². The number of hydrogen-bond acceptors (Lipinski definition) is 1. The fraction of sp³-hybridized carbons (Fsp3) is 0.462. The minimum Gasteiger partial charge on any atom is -0.347 e. The summed E-state index contributed by atoms with van der Waals surface area (Å²) >= 11 is 0. The van der Waals surface area contributed by atoms with Crippen molar-refractivity contribution in [1.29, 1.82) is 0 Å². The summed E-state index contributed by atoms with van der Waals surface area (Å²) in [5, 5.41) is 0. The van der Waals surface area contributed by atoms with Crippen molar-refractivity contribution in [3.05, 3.63) is 35.7 Å². The molecule has 0 atom stereocenters. The summed E-state index contributed by atoms with van der Waals surface area (Å²) in [7, 11) is 0. The van der Waals surface area contributed by atoms with Gasteiger partial charge in [0.25, 0.3) is 0 Å². The Balaban J connectivity index is 2.27. The molecule has 1 aliphatic rings. The first-order valence-corrected chi connectivity index (χ1v) is 5.60. The minimum absolute atomic E-state index is 0.303. The number of rotatable bonds is 3. The molecule has 2 rings (SSSR count). The molecule has 2 nitrogen and oxygen atoms in total. The summed E-state index contributed by atoms with van der Waals surface area (Å²) < 4.78 is 2.18. The summed E-state index contributed by atoms with van der Waals surface area (Å²) in [4.78, 5) is 11.6. The van der Waals surface area contributed by atoms with Gasteiger partial charge in [0.05, 0.1) is 0 Å². The average molecular weight is 203 g/mol. The van der Waals surface area contributed by atoms with Crippen LogP contribution in [0.3, 0.4) is 0 Å². The summed E-state index contributed by atoms with van der Waals surface area (Å²) in [5.74, 6) is 0.303. The smallest absolute Gasteiger partial charge is 0.164 e. The van der Waals surface area contributed by atoms with E-state index in [4.69, 9.17) is 0 Å². The van der Waals surface area contributed by atoms with Gasteiger partial charge in [-0.3, -0.25) is 4.79 Å². The lowest BCUT2D eigenvalue weighted by Crippen LogP contribution is -2.13. The molecular weight excluding hydrogens is 186 g/mol. The van der Waals surface area contributed by atoms with E-state index in [2.05, 4.69) is 18.1 Å². The molecule has 0 fully saturated rings. The minimum atomic E-state index is 0.303. The second-order valence-electron chi connectivity index (χ2n) is 4.18. The average Bonchev–Trinajstić information content (AvgIpc) is 2.63. The topological polar surface area (TPSA) is 22.0 Å². The molecule has 0 amide bonds. The first-order valence-electron chi connectivity index (χ1n) is 5.60. The summed E-state index contributed by atoms with van der Waals surface area (Å²) in [6.07, 6.45) is 5.76. The van der Waals surface area contributed by atoms with Crippen LogP contribution in [0, 0.1) is 0 Å². The van der Waals surface area contributed by atoms with Crippen molar-refractivity contribution in [2.24, 2.45) is 0 Å². The van der Waals surface area contributed by atoms with Crippen LogP contribution in [-0.2, 0) is 13.0 Å². The van der Waals surface area contributed by atoms with Crippen LogP contribution < -0.4 is 0 Å². The van der Waals surface area contributed by atoms with Gasteiger partial charge in [-0.25, -0.2) is 0 Å². The fourth-order valence-corrected chi connectivity index (χ4v) is 2.09. The second-order valence-corrected chi connectivity index (χ2v) is 4.18. The molecule has 0 saturated carbocycles. The number of fused-ring (bicyclic) bond motifs is 1. The maximum absolute atomic E-state index is 11.6. The SMILES string of the molecule is C=C(CC)Cn1ccc2c1CCCC2=O. The molecule has 2 heteroatoms. The molecule has 0 bridgehead atoms. The van der Waals surface area contributed by atoms with Gasteiger partial charge in [0.1, 0.15) is 0 Å². The Morgan fingerprint density at radius 3 is 3.07 bits per heavy atom. The highest BCUT2D eigenvalue weighted by Crippen LogP contribution is 2.23. The Bertz CT molecular complexity index is 401. The van der Waals surface area contributed by atoms with Gasteiger partial charge in [-0.2, -0.15) is 0 Å². The zero-order valence-corrected chi connectivity index (χ0v) is 9.25. The maximum Gasteiger partial charge on any atom is 0.164 e. The summed E-state index contributed by atoms with van der Waals surface area (Å²) in [6.45, 7) is 6.98. The van der Waals surface area contributed by atoms with Crippen LogP contribution in [0.5, 0.6) is 0 Å². The van der Waals surface area contributed by atoms with Gasteiger partial charge in [0, 0.05) is 30.4 Å². The number of aromatic nitrogens is 1. The fourth-order valence-electron chi connectivity index (χ4n) is 2.09. The molecule has 80 valence electrons. The predicted octanol–water partition coefficient (Wildman–Crippen LogP) is 2.97. The number of nitrogens with zero attached hydrogens (tertiary/aromatic N) is 1. The van der Waals surface area contributed by atoms with Crippen molar-refractivity contribution in [3.63, 3.8) is 0 Å². The molecule has 1 aromatic rings. The van der Waals surface area contributed by atoms with Gasteiger partial charge in [0.2, 0.25) is 0 Å². The lowest BCUT2D eigenvalue weighted by molar-refractivity contribution is 0.0972. The van der Waals surface area contributed by atoms with E-state index in [9.17, 15) is 4.79 Å². The van der Waals surface area contributed by atoms with Gasteiger partial charge >= 0.3 is 0 Å². The van der Waals surface area contributed by atoms with Crippen LogP contribution in [0.4, 0.5) is 0 Å². The highest BCUT2D eigenvalue weighted by Gasteiger charge is 2.20. The van der Waals surface area contributed by atoms with Gasteiger partial charge in [-0.1, -0.05) is 19.1 Å². The van der Waals surface area contributed by atoms with E-state index in [0.717, 1.165) is 31.4 Å². The normalized spacial score (nSPS) is 15.1. The molecule has 1 aromatic heterocycles. The van der Waals surface area contributed by atoms with Crippen LogP contribution >= 0.6 is 0 Å². The summed E-state index contributed by atoms with van der Waals surface area (Å²) in [6, 6.07) is 1.96. The number of hydrogen-bond donors (Lipinski definition) is 0. The number of carbonyl (C=O) groups is 1. The summed E-state index contributed by atoms with van der Waals surface area (Å²) in [5.41, 5.74) is 3.36. The molecule has 1 aliphatic carbocycles. The van der Waals surface area contributed by atoms with E-state index < -0.39 is 0 Å². The third-order valence-electron chi connectivity index (χ3n) is 3.09. The molecule has 0 unspecified atom stereocenters. The highest BCUT2D eigenvalue weighted by molar-refractivity contribution is 5.98. The highest BCUT2D eigenvalue weighted by atomic mass is 16.1. The first kappa shape index (κ1) is 10.2. The molecule has 0 N–H and O–H groups in total. The van der Waals surface area contributed by atoms with Gasteiger partial charge in [-0.15, -0.1) is 0 Å². The third kappa shape index (κ3) is 1.89. The maximum atomic E-state index is 11.6. The predicted molar refractivity (Wildman–Crippen MR) is 61.1 cm³/mol. The van der Waals surface area contributed by atoms with E-state index in [0.29, 0.717) is 12.2 Å². The standard InChI is InChI=1S/C13H17NO/c1-3-10(2)9-14-8-7-11-12(14)5-4-6-13(11)15/h7-8H,2-6,9H2,1H3. The molecule has 0 radical (unpaired) electrons. The van der Waals surface area contributed by atoms with E-state index in [1.54, 1.807) is 0 Å². The molecule has 0 saturated heterocycles. The van der Waals surface area contributed by atoms with E-state index >= 15 is 0 Å². The molecule has 0 spiro atoms. The Kier molecular flexibility index (Phi) is 2.76. The zero-order valence-electron chi connectivity index (χ0n) is 9.25. The van der Waals surface area contributed by atoms with Crippen LogP contribution in [0.15, 0.2) is 24.4 Å². The molecule has 1 heterocycles. The Hall–Kier alpha value is -1.31. The van der Waals surface area contributed by atoms with Crippen LogP contribution in [-0.4, -0.2) is 10.4 Å². The zero-order chi connectivity index (χ0) is 10.8. The molecule has 0 aliphatic heterocycles. The molecular formula is C13H17NO. The van der Waals surface area contributed by atoms with Crippen LogP contribution in [0.25, 0.3) is 0 Å². The molecule has 15 heavy (non-hydrogen) atoms. The number of Topliss-reactive ketones (excluding diaryl/α,β-unsaturated/α-hetero) is 1. The quantitative estimate of drug-likeness (QED) is 0.692. The van der Waals surface area contributed by atoms with Crippen molar-refractivity contribution in [2.75, 3.05) is 0 Å². The third-order valence-corrected chi connectivity index (χ3v) is 3.09. The molecule has 0 aromatic carbocycles. The first-order chi connectivity index (χ1) is 7.22. The van der Waals surface area contributed by atoms with Crippen LogP contribution in [0.1, 0.15) is 42.2 Å². The Morgan fingerprint density at radius 1 is 1.53 bits per heavy atom. The lowest BCUT2D eigenvalue weighted by atomic mass is 9.97. The van der Waals surface area contributed by atoms with Gasteiger partial charge in [-0.05, 0) is 25.3 Å². The number of ketones is 1. The Labute approximate surface area is 90.6 Å². The van der Waals surface area contributed by atoms with Crippen molar-refractivity contribution < 1.29 is 4.79 Å². The van der Waals surface area contributed by atoms with E-state index in [1.165, 1.54) is 11.3 Å². The number of carbonyl (C=O) groups excluding carboxylic acids is 1. The van der Waals surface area contributed by atoms with E-state index in [1.807, 2.05) is 12.3 Å². The second kappa shape index (κ2) is 4.05. The van der Waals surface area contributed by atoms with Crippen molar-refractivity contribution >= 4 is 5.78 Å². The lowest BCUT2D eigenvalue weighted by Gasteiger charge is -2.15. The van der Waals surface area contributed by atoms with Crippen molar-refractivity contribution in [1.82, 2.24) is 4.57 Å². The Morgan fingerprint density at radius 2 is 2.33 bits per heavy atom. The monoisotopic (exact) mass is 203 g/mol. The van der Waals surface area contributed by atoms with Crippen molar-refractivity contribution in [2.45, 2.75) is 39.2 Å².